The van der Waals surface area contributed by atoms with E-state index in [1.54, 1.807) is 25.3 Å². The van der Waals surface area contributed by atoms with Gasteiger partial charge < -0.3 is 19.9 Å². The molecule has 1 saturated heterocycles. The molecule has 2 aromatic rings. The van der Waals surface area contributed by atoms with Crippen LogP contribution in [-0.4, -0.2) is 50.6 Å². The smallest absolute Gasteiger partial charge is 0.241 e. The standard InChI is InChI=1S/C19H21Cl2N3O2/c1-26-18-5-3-2-4-17(18)23-8-10-24(11-9-23)19(25)13-22-16-7-6-14(20)12-15(16)21/h2-7,12,22H,8-11,13H2,1H3. The number of anilines is 2. The number of hydrogen-bond donors (Lipinski definition) is 1. The number of rotatable bonds is 5. The summed E-state index contributed by atoms with van der Waals surface area (Å²) in [5, 5.41) is 4.16. The van der Waals surface area contributed by atoms with E-state index in [2.05, 4.69) is 10.2 Å². The molecule has 26 heavy (non-hydrogen) atoms. The van der Waals surface area contributed by atoms with Gasteiger partial charge in [0.2, 0.25) is 5.91 Å². The molecule has 0 aliphatic carbocycles. The van der Waals surface area contributed by atoms with E-state index in [0.29, 0.717) is 28.8 Å². The molecule has 1 amide bonds. The van der Waals surface area contributed by atoms with Crippen LogP contribution < -0.4 is 15.0 Å². The van der Waals surface area contributed by atoms with Crippen molar-refractivity contribution in [3.63, 3.8) is 0 Å². The third-order valence-corrected chi connectivity index (χ3v) is 4.97. The van der Waals surface area contributed by atoms with Crippen LogP contribution in [-0.2, 0) is 4.79 Å². The van der Waals surface area contributed by atoms with Gasteiger partial charge in [-0.25, -0.2) is 0 Å². The average Bonchev–Trinajstić information content (AvgIpc) is 2.67. The van der Waals surface area contributed by atoms with E-state index >= 15 is 0 Å². The molecule has 5 nitrogen and oxygen atoms in total. The number of halogens is 2. The van der Waals surface area contributed by atoms with Crippen LogP contribution in [0, 0.1) is 0 Å². The molecule has 1 N–H and O–H groups in total. The second-order valence-electron chi connectivity index (χ2n) is 6.02. The van der Waals surface area contributed by atoms with E-state index in [9.17, 15) is 4.79 Å². The first-order valence-electron chi connectivity index (χ1n) is 8.43. The highest BCUT2D eigenvalue weighted by Gasteiger charge is 2.22. The van der Waals surface area contributed by atoms with Crippen LogP contribution in [0.25, 0.3) is 0 Å². The van der Waals surface area contributed by atoms with Crippen molar-refractivity contribution in [3.05, 3.63) is 52.5 Å². The van der Waals surface area contributed by atoms with Gasteiger partial charge in [-0.2, -0.15) is 0 Å². The lowest BCUT2D eigenvalue weighted by molar-refractivity contribution is -0.129. The number of carbonyl (C=O) groups is 1. The molecule has 1 aliphatic heterocycles. The number of carbonyl (C=O) groups excluding carboxylic acids is 1. The number of amides is 1. The first kappa shape index (κ1) is 18.7. The number of benzene rings is 2. The number of piperazine rings is 1. The fourth-order valence-electron chi connectivity index (χ4n) is 3.00. The average molecular weight is 394 g/mol. The Balaban J connectivity index is 1.53. The van der Waals surface area contributed by atoms with Crippen LogP contribution in [0.3, 0.4) is 0 Å². The maximum Gasteiger partial charge on any atom is 0.241 e. The van der Waals surface area contributed by atoms with Crippen molar-refractivity contribution < 1.29 is 9.53 Å². The molecule has 2 aromatic carbocycles. The highest BCUT2D eigenvalue weighted by molar-refractivity contribution is 6.36. The summed E-state index contributed by atoms with van der Waals surface area (Å²) in [6, 6.07) is 13.1. The maximum absolute atomic E-state index is 12.5. The molecule has 0 aromatic heterocycles. The number of nitrogens with zero attached hydrogens (tertiary/aromatic N) is 2. The quantitative estimate of drug-likeness (QED) is 0.839. The summed E-state index contributed by atoms with van der Waals surface area (Å²) in [5.41, 5.74) is 1.77. The highest BCUT2D eigenvalue weighted by atomic mass is 35.5. The van der Waals surface area contributed by atoms with Crippen molar-refractivity contribution >= 4 is 40.5 Å². The van der Waals surface area contributed by atoms with Crippen molar-refractivity contribution in [2.75, 3.05) is 50.1 Å². The second kappa shape index (κ2) is 8.52. The first-order chi connectivity index (χ1) is 12.6. The van der Waals surface area contributed by atoms with E-state index in [-0.39, 0.29) is 12.5 Å². The minimum absolute atomic E-state index is 0.0516. The van der Waals surface area contributed by atoms with E-state index in [4.69, 9.17) is 27.9 Å². The normalized spacial score (nSPS) is 14.3. The predicted octanol–water partition coefficient (Wildman–Crippen LogP) is 3.76. The molecular weight excluding hydrogens is 373 g/mol. The Bertz CT molecular complexity index is 777. The Labute approximate surface area is 163 Å². The van der Waals surface area contributed by atoms with E-state index in [1.165, 1.54) is 0 Å². The van der Waals surface area contributed by atoms with Gasteiger partial charge in [-0.05, 0) is 30.3 Å². The minimum Gasteiger partial charge on any atom is -0.495 e. The highest BCUT2D eigenvalue weighted by Crippen LogP contribution is 2.28. The van der Waals surface area contributed by atoms with Crippen molar-refractivity contribution in [2.24, 2.45) is 0 Å². The molecule has 3 rings (SSSR count). The number of methoxy groups -OCH3 is 1. The fourth-order valence-corrected chi connectivity index (χ4v) is 3.48. The van der Waals surface area contributed by atoms with Gasteiger partial charge in [-0.15, -0.1) is 0 Å². The molecule has 1 heterocycles. The van der Waals surface area contributed by atoms with Gasteiger partial charge in [-0.3, -0.25) is 4.79 Å². The molecule has 0 unspecified atom stereocenters. The number of ether oxygens (including phenoxy) is 1. The molecule has 7 heteroatoms. The molecule has 0 bridgehead atoms. The Morgan fingerprint density at radius 1 is 1.12 bits per heavy atom. The maximum atomic E-state index is 12.5. The monoisotopic (exact) mass is 393 g/mol. The van der Waals surface area contributed by atoms with Crippen LogP contribution in [0.5, 0.6) is 5.75 Å². The summed E-state index contributed by atoms with van der Waals surface area (Å²) in [4.78, 5) is 16.6. The summed E-state index contributed by atoms with van der Waals surface area (Å²) in [6.07, 6.45) is 0. The summed E-state index contributed by atoms with van der Waals surface area (Å²) in [7, 11) is 1.67. The minimum atomic E-state index is 0.0516. The molecule has 1 aliphatic rings. The second-order valence-corrected chi connectivity index (χ2v) is 6.86. The Kier molecular flexibility index (Phi) is 6.12. The van der Waals surface area contributed by atoms with Crippen molar-refractivity contribution in [1.82, 2.24) is 4.90 Å². The molecular formula is C19H21Cl2N3O2. The van der Waals surface area contributed by atoms with Gasteiger partial charge >= 0.3 is 0 Å². The lowest BCUT2D eigenvalue weighted by Gasteiger charge is -2.36. The summed E-state index contributed by atoms with van der Waals surface area (Å²) >= 11 is 12.0. The van der Waals surface area contributed by atoms with Crippen molar-refractivity contribution in [1.29, 1.82) is 0 Å². The zero-order chi connectivity index (χ0) is 18.5. The first-order valence-corrected chi connectivity index (χ1v) is 9.19. The number of hydrogen-bond acceptors (Lipinski definition) is 4. The van der Waals surface area contributed by atoms with Gasteiger partial charge in [0, 0.05) is 31.2 Å². The van der Waals surface area contributed by atoms with E-state index < -0.39 is 0 Å². The van der Waals surface area contributed by atoms with Crippen LogP contribution in [0.4, 0.5) is 11.4 Å². The topological polar surface area (TPSA) is 44.8 Å². The van der Waals surface area contributed by atoms with E-state index in [1.807, 2.05) is 29.2 Å². The third-order valence-electron chi connectivity index (χ3n) is 4.42. The van der Waals surface area contributed by atoms with Gasteiger partial charge in [-0.1, -0.05) is 35.3 Å². The SMILES string of the molecule is COc1ccccc1N1CCN(C(=O)CNc2ccc(Cl)cc2Cl)CC1. The van der Waals surface area contributed by atoms with Crippen molar-refractivity contribution in [3.8, 4) is 5.75 Å². The Morgan fingerprint density at radius 3 is 2.54 bits per heavy atom. The van der Waals surface area contributed by atoms with Gasteiger partial charge in [0.05, 0.1) is 30.1 Å². The summed E-state index contributed by atoms with van der Waals surface area (Å²) in [5.74, 6) is 0.905. The number of para-hydroxylation sites is 2. The molecule has 0 radical (unpaired) electrons. The Morgan fingerprint density at radius 2 is 1.85 bits per heavy atom. The van der Waals surface area contributed by atoms with Gasteiger partial charge in [0.15, 0.2) is 0 Å². The summed E-state index contributed by atoms with van der Waals surface area (Å²) in [6.45, 7) is 3.09. The Hall–Kier alpha value is -2.11. The molecule has 138 valence electrons. The van der Waals surface area contributed by atoms with Crippen LogP contribution >= 0.6 is 23.2 Å². The molecule has 0 atom stereocenters. The molecule has 0 spiro atoms. The van der Waals surface area contributed by atoms with Gasteiger partial charge in [0.25, 0.3) is 0 Å². The van der Waals surface area contributed by atoms with Crippen LogP contribution in [0.1, 0.15) is 0 Å². The molecule has 0 saturated carbocycles. The third kappa shape index (κ3) is 4.34. The van der Waals surface area contributed by atoms with E-state index in [0.717, 1.165) is 24.5 Å². The fraction of sp³-hybridized carbons (Fsp3) is 0.316. The zero-order valence-corrected chi connectivity index (χ0v) is 16.1. The predicted molar refractivity (Wildman–Crippen MR) is 107 cm³/mol. The van der Waals surface area contributed by atoms with Crippen LogP contribution in [0.15, 0.2) is 42.5 Å². The zero-order valence-electron chi connectivity index (χ0n) is 14.5. The van der Waals surface area contributed by atoms with Crippen molar-refractivity contribution in [2.45, 2.75) is 0 Å². The van der Waals surface area contributed by atoms with Crippen LogP contribution in [0.2, 0.25) is 10.0 Å². The largest absolute Gasteiger partial charge is 0.495 e. The number of nitrogens with one attached hydrogen (secondary N) is 1. The molecule has 1 fully saturated rings. The summed E-state index contributed by atoms with van der Waals surface area (Å²) < 4.78 is 5.43. The lowest BCUT2D eigenvalue weighted by atomic mass is 10.2. The lowest BCUT2D eigenvalue weighted by Crippen LogP contribution is -2.50. The van der Waals surface area contributed by atoms with Gasteiger partial charge in [0.1, 0.15) is 5.75 Å².